The number of hydrogen-bond donors (Lipinski definition) is 1. The van der Waals surface area contributed by atoms with Gasteiger partial charge in [-0.05, 0) is 69.3 Å². The Morgan fingerprint density at radius 1 is 1.22 bits per heavy atom. The average molecular weight is 247 g/mol. The summed E-state index contributed by atoms with van der Waals surface area (Å²) in [5, 5.41) is 3.42. The van der Waals surface area contributed by atoms with Crippen LogP contribution in [0, 0.1) is 0 Å². The van der Waals surface area contributed by atoms with Crippen LogP contribution in [0.25, 0.3) is 0 Å². The Morgan fingerprint density at radius 3 is 2.78 bits per heavy atom. The van der Waals surface area contributed by atoms with Crippen molar-refractivity contribution in [1.82, 2.24) is 5.32 Å². The maximum absolute atomic E-state index is 6.02. The smallest absolute Gasteiger partial charge is 0.119 e. The number of rotatable bonds is 6. The molecule has 0 bridgehead atoms. The van der Waals surface area contributed by atoms with E-state index in [-0.39, 0.29) is 6.10 Å². The first-order chi connectivity index (χ1) is 8.69. The molecule has 1 aromatic rings. The highest BCUT2D eigenvalue weighted by Crippen LogP contribution is 2.26. The van der Waals surface area contributed by atoms with E-state index in [0.29, 0.717) is 6.04 Å². The van der Waals surface area contributed by atoms with Gasteiger partial charge in [-0.15, -0.1) is 0 Å². The molecule has 18 heavy (non-hydrogen) atoms. The minimum absolute atomic E-state index is 0.263. The standard InChI is InChI=1S/C16H25NO/c1-4-17-12(2)10-13(3)18-16-9-8-14-6-5-7-15(14)11-16/h8-9,11-13,17H,4-7,10H2,1-3H3. The lowest BCUT2D eigenvalue weighted by molar-refractivity contribution is 0.196. The molecule has 0 aromatic heterocycles. The minimum atomic E-state index is 0.263. The molecular formula is C16H25NO. The molecule has 100 valence electrons. The van der Waals surface area contributed by atoms with Gasteiger partial charge in [0, 0.05) is 6.04 Å². The normalized spacial score (nSPS) is 17.3. The van der Waals surface area contributed by atoms with Crippen molar-refractivity contribution in [2.45, 2.75) is 58.6 Å². The highest BCUT2D eigenvalue weighted by molar-refractivity contribution is 5.38. The van der Waals surface area contributed by atoms with Gasteiger partial charge in [0.2, 0.25) is 0 Å². The van der Waals surface area contributed by atoms with Gasteiger partial charge in [-0.1, -0.05) is 13.0 Å². The molecule has 0 aliphatic heterocycles. The molecule has 2 nitrogen and oxygen atoms in total. The van der Waals surface area contributed by atoms with Crippen LogP contribution >= 0.6 is 0 Å². The number of benzene rings is 1. The number of aryl methyl sites for hydroxylation is 2. The molecule has 2 heteroatoms. The number of hydrogen-bond acceptors (Lipinski definition) is 2. The first-order valence-corrected chi connectivity index (χ1v) is 7.21. The van der Waals surface area contributed by atoms with E-state index in [1.54, 1.807) is 0 Å². The predicted molar refractivity (Wildman–Crippen MR) is 76.3 cm³/mol. The van der Waals surface area contributed by atoms with E-state index < -0.39 is 0 Å². The summed E-state index contributed by atoms with van der Waals surface area (Å²) in [5.41, 5.74) is 3.00. The summed E-state index contributed by atoms with van der Waals surface area (Å²) < 4.78 is 6.02. The minimum Gasteiger partial charge on any atom is -0.491 e. The molecule has 1 N–H and O–H groups in total. The van der Waals surface area contributed by atoms with Crippen molar-refractivity contribution in [2.24, 2.45) is 0 Å². The van der Waals surface area contributed by atoms with E-state index >= 15 is 0 Å². The van der Waals surface area contributed by atoms with Crippen LogP contribution < -0.4 is 10.1 Å². The first-order valence-electron chi connectivity index (χ1n) is 7.21. The third-order valence-corrected chi connectivity index (χ3v) is 3.65. The van der Waals surface area contributed by atoms with Crippen LogP contribution in [-0.4, -0.2) is 18.7 Å². The fraction of sp³-hybridized carbons (Fsp3) is 0.625. The Morgan fingerprint density at radius 2 is 2.00 bits per heavy atom. The Kier molecular flexibility index (Phi) is 4.65. The molecule has 0 saturated carbocycles. The second kappa shape index (κ2) is 6.24. The van der Waals surface area contributed by atoms with Gasteiger partial charge in [0.05, 0.1) is 6.10 Å². The number of fused-ring (bicyclic) bond motifs is 1. The lowest BCUT2D eigenvalue weighted by Crippen LogP contribution is -2.30. The van der Waals surface area contributed by atoms with Crippen molar-refractivity contribution in [3.63, 3.8) is 0 Å². The second-order valence-electron chi connectivity index (χ2n) is 5.41. The third-order valence-electron chi connectivity index (χ3n) is 3.65. The predicted octanol–water partition coefficient (Wildman–Crippen LogP) is 3.33. The summed E-state index contributed by atoms with van der Waals surface area (Å²) >= 11 is 0. The van der Waals surface area contributed by atoms with Gasteiger partial charge in [0.15, 0.2) is 0 Å². The van der Waals surface area contributed by atoms with E-state index in [1.165, 1.54) is 30.4 Å². The summed E-state index contributed by atoms with van der Waals surface area (Å²) in [5.74, 6) is 1.03. The molecule has 0 spiro atoms. The van der Waals surface area contributed by atoms with Crippen molar-refractivity contribution in [2.75, 3.05) is 6.54 Å². The van der Waals surface area contributed by atoms with Crippen LogP contribution in [0.15, 0.2) is 18.2 Å². The van der Waals surface area contributed by atoms with E-state index in [0.717, 1.165) is 18.7 Å². The molecule has 1 aliphatic carbocycles. The largest absolute Gasteiger partial charge is 0.491 e. The Bertz CT molecular complexity index is 389. The maximum atomic E-state index is 6.02. The molecule has 2 unspecified atom stereocenters. The lowest BCUT2D eigenvalue weighted by Gasteiger charge is -2.20. The topological polar surface area (TPSA) is 21.3 Å². The zero-order chi connectivity index (χ0) is 13.0. The third kappa shape index (κ3) is 3.49. The van der Waals surface area contributed by atoms with Crippen LogP contribution in [0.5, 0.6) is 5.75 Å². The highest BCUT2D eigenvalue weighted by atomic mass is 16.5. The molecule has 2 rings (SSSR count). The summed E-state index contributed by atoms with van der Waals surface area (Å²) in [6, 6.07) is 7.10. The molecule has 0 heterocycles. The van der Waals surface area contributed by atoms with Gasteiger partial charge < -0.3 is 10.1 Å². The van der Waals surface area contributed by atoms with Gasteiger partial charge in [0.25, 0.3) is 0 Å². The number of nitrogens with one attached hydrogen (secondary N) is 1. The summed E-state index contributed by atoms with van der Waals surface area (Å²) in [7, 11) is 0. The molecule has 1 aliphatic rings. The quantitative estimate of drug-likeness (QED) is 0.832. The van der Waals surface area contributed by atoms with Crippen molar-refractivity contribution < 1.29 is 4.74 Å². The fourth-order valence-electron chi connectivity index (χ4n) is 2.83. The van der Waals surface area contributed by atoms with Gasteiger partial charge in [-0.3, -0.25) is 0 Å². The van der Waals surface area contributed by atoms with Crippen molar-refractivity contribution in [3.05, 3.63) is 29.3 Å². The second-order valence-corrected chi connectivity index (χ2v) is 5.41. The maximum Gasteiger partial charge on any atom is 0.119 e. The van der Waals surface area contributed by atoms with Crippen LogP contribution in [0.4, 0.5) is 0 Å². The monoisotopic (exact) mass is 247 g/mol. The summed E-state index contributed by atoms with van der Waals surface area (Å²) in [6.45, 7) is 7.53. The molecule has 2 atom stereocenters. The van der Waals surface area contributed by atoms with Crippen LogP contribution in [-0.2, 0) is 12.8 Å². The van der Waals surface area contributed by atoms with Gasteiger partial charge >= 0.3 is 0 Å². The van der Waals surface area contributed by atoms with Gasteiger partial charge in [0.1, 0.15) is 5.75 Å². The molecular weight excluding hydrogens is 222 g/mol. The van der Waals surface area contributed by atoms with E-state index in [4.69, 9.17) is 4.74 Å². The number of ether oxygens (including phenoxy) is 1. The molecule has 0 saturated heterocycles. The molecule has 0 fully saturated rings. The fourth-order valence-corrected chi connectivity index (χ4v) is 2.83. The highest BCUT2D eigenvalue weighted by Gasteiger charge is 2.13. The summed E-state index contributed by atoms with van der Waals surface area (Å²) in [6.07, 6.45) is 5.06. The van der Waals surface area contributed by atoms with Crippen molar-refractivity contribution >= 4 is 0 Å². The van der Waals surface area contributed by atoms with Crippen molar-refractivity contribution in [1.29, 1.82) is 0 Å². The molecule has 0 amide bonds. The van der Waals surface area contributed by atoms with E-state index in [2.05, 4.69) is 44.3 Å². The average Bonchev–Trinajstić information content (AvgIpc) is 2.76. The van der Waals surface area contributed by atoms with E-state index in [9.17, 15) is 0 Å². The SMILES string of the molecule is CCNC(C)CC(C)Oc1ccc2c(c1)CCC2. The Hall–Kier alpha value is -1.02. The summed E-state index contributed by atoms with van der Waals surface area (Å²) in [4.78, 5) is 0. The first kappa shape index (κ1) is 13.4. The van der Waals surface area contributed by atoms with Gasteiger partial charge in [-0.25, -0.2) is 0 Å². The lowest BCUT2D eigenvalue weighted by atomic mass is 10.1. The zero-order valence-electron chi connectivity index (χ0n) is 11.8. The van der Waals surface area contributed by atoms with Crippen LogP contribution in [0.1, 0.15) is 44.7 Å². The molecule has 0 radical (unpaired) electrons. The van der Waals surface area contributed by atoms with E-state index in [1.807, 2.05) is 0 Å². The van der Waals surface area contributed by atoms with Gasteiger partial charge in [-0.2, -0.15) is 0 Å². The van der Waals surface area contributed by atoms with Crippen molar-refractivity contribution in [3.8, 4) is 5.75 Å². The molecule has 1 aromatic carbocycles. The Balaban J connectivity index is 1.89. The zero-order valence-corrected chi connectivity index (χ0v) is 11.8. The van der Waals surface area contributed by atoms with Crippen LogP contribution in [0.3, 0.4) is 0 Å². The Labute approximate surface area is 111 Å². The van der Waals surface area contributed by atoms with Crippen LogP contribution in [0.2, 0.25) is 0 Å².